The zero-order valence-electron chi connectivity index (χ0n) is 14.1. The number of nitrogens with zero attached hydrogens (tertiary/aromatic N) is 4. The average Bonchev–Trinajstić information content (AvgIpc) is 2.99. The summed E-state index contributed by atoms with van der Waals surface area (Å²) >= 11 is 0. The molecule has 0 spiro atoms. The molecule has 0 bridgehead atoms. The molecule has 140 valence electrons. The van der Waals surface area contributed by atoms with Gasteiger partial charge in [0.1, 0.15) is 6.33 Å². The molecule has 26 heavy (non-hydrogen) atoms. The molecule has 1 aromatic heterocycles. The van der Waals surface area contributed by atoms with Crippen LogP contribution in [-0.2, 0) is 27.1 Å². The highest BCUT2D eigenvalue weighted by Crippen LogP contribution is 2.20. The van der Waals surface area contributed by atoms with E-state index >= 15 is 0 Å². The van der Waals surface area contributed by atoms with E-state index < -0.39 is 20.0 Å². The van der Waals surface area contributed by atoms with Crippen LogP contribution in [0.3, 0.4) is 0 Å². The highest BCUT2D eigenvalue weighted by Gasteiger charge is 2.24. The third-order valence-corrected chi connectivity index (χ3v) is 6.56. The molecule has 0 unspecified atom stereocenters. The van der Waals surface area contributed by atoms with Gasteiger partial charge in [0, 0.05) is 20.1 Å². The second kappa shape index (κ2) is 7.81. The molecule has 0 saturated carbocycles. The minimum Gasteiger partial charge on any atom is -0.247 e. The predicted molar refractivity (Wildman–Crippen MR) is 97.4 cm³/mol. The lowest BCUT2D eigenvalue weighted by molar-refractivity contribution is 0.474. The van der Waals surface area contributed by atoms with Crippen molar-refractivity contribution in [2.75, 3.05) is 17.8 Å². The number of benzene rings is 1. The summed E-state index contributed by atoms with van der Waals surface area (Å²) in [5.74, 6) is 0.0461. The van der Waals surface area contributed by atoms with E-state index in [1.807, 2.05) is 0 Å². The number of hydrogen-bond donors (Lipinski definition) is 1. The van der Waals surface area contributed by atoms with Crippen molar-refractivity contribution < 1.29 is 16.8 Å². The molecule has 0 fully saturated rings. The summed E-state index contributed by atoms with van der Waals surface area (Å²) in [6, 6.07) is 4.90. The summed E-state index contributed by atoms with van der Waals surface area (Å²) in [6.45, 7) is 7.30. The fraction of sp³-hybridized carbons (Fsp3) is 0.200. The Bertz CT molecular complexity index is 985. The molecule has 0 radical (unpaired) electrons. The van der Waals surface area contributed by atoms with Crippen LogP contribution >= 0.6 is 0 Å². The molecule has 1 heterocycles. The molecule has 1 aromatic carbocycles. The van der Waals surface area contributed by atoms with E-state index in [1.54, 1.807) is 0 Å². The highest BCUT2D eigenvalue weighted by atomic mass is 32.2. The van der Waals surface area contributed by atoms with Crippen molar-refractivity contribution in [1.29, 1.82) is 0 Å². The summed E-state index contributed by atoms with van der Waals surface area (Å²) in [7, 11) is -6.18. The maximum absolute atomic E-state index is 12.6. The summed E-state index contributed by atoms with van der Waals surface area (Å²) in [4.78, 5) is 3.66. The standard InChI is InChI=1S/C15H19N5O4S2/c1-4-10-20(11-5-2)26(23,24)14-8-6-13(7-9-14)25(21,22)18-15-16-12-17-19(15)3/h4-9,12H,1-2,10-11H2,3H3,(H,16,17,18). The Kier molecular flexibility index (Phi) is 5.95. The lowest BCUT2D eigenvalue weighted by Crippen LogP contribution is -2.31. The number of hydrogen-bond acceptors (Lipinski definition) is 6. The zero-order valence-corrected chi connectivity index (χ0v) is 15.7. The molecule has 9 nitrogen and oxygen atoms in total. The van der Waals surface area contributed by atoms with Gasteiger partial charge in [-0.05, 0) is 24.3 Å². The van der Waals surface area contributed by atoms with E-state index in [-0.39, 0.29) is 28.8 Å². The molecule has 11 heteroatoms. The second-order valence-corrected chi connectivity index (χ2v) is 8.80. The maximum atomic E-state index is 12.6. The molecule has 0 amide bonds. The lowest BCUT2D eigenvalue weighted by Gasteiger charge is -2.19. The van der Waals surface area contributed by atoms with Gasteiger partial charge in [0.05, 0.1) is 9.79 Å². The number of rotatable bonds is 9. The van der Waals surface area contributed by atoms with Gasteiger partial charge in [-0.15, -0.1) is 13.2 Å². The maximum Gasteiger partial charge on any atom is 0.264 e. The van der Waals surface area contributed by atoms with Gasteiger partial charge >= 0.3 is 0 Å². The fourth-order valence-electron chi connectivity index (χ4n) is 2.07. The van der Waals surface area contributed by atoms with Crippen molar-refractivity contribution in [2.45, 2.75) is 9.79 Å². The topological polar surface area (TPSA) is 114 Å². The zero-order chi connectivity index (χ0) is 19.4. The van der Waals surface area contributed by atoms with Crippen LogP contribution in [0.15, 0.2) is 65.7 Å². The van der Waals surface area contributed by atoms with E-state index in [0.29, 0.717) is 0 Å². The van der Waals surface area contributed by atoms with Crippen molar-refractivity contribution in [1.82, 2.24) is 19.1 Å². The van der Waals surface area contributed by atoms with E-state index in [4.69, 9.17) is 0 Å². The van der Waals surface area contributed by atoms with Gasteiger partial charge in [0.2, 0.25) is 16.0 Å². The van der Waals surface area contributed by atoms with Gasteiger partial charge in [-0.1, -0.05) is 12.2 Å². The summed E-state index contributed by atoms with van der Waals surface area (Å²) in [5, 5.41) is 3.77. The molecule has 2 aromatic rings. The van der Waals surface area contributed by atoms with Crippen LogP contribution in [0, 0.1) is 0 Å². The minimum absolute atomic E-state index is 0.0289. The quantitative estimate of drug-likeness (QED) is 0.631. The third kappa shape index (κ3) is 4.18. The molecule has 0 aliphatic heterocycles. The Morgan fingerprint density at radius 3 is 2.08 bits per heavy atom. The number of nitrogens with one attached hydrogen (secondary N) is 1. The molecule has 0 saturated heterocycles. The van der Waals surface area contributed by atoms with Gasteiger partial charge in [-0.2, -0.15) is 14.4 Å². The predicted octanol–water partition coefficient (Wildman–Crippen LogP) is 0.979. The summed E-state index contributed by atoms with van der Waals surface area (Å²) < 4.78 is 54.7. The Labute approximate surface area is 152 Å². The Balaban J connectivity index is 2.30. The number of aromatic nitrogens is 3. The Morgan fingerprint density at radius 1 is 1.08 bits per heavy atom. The molecule has 0 aliphatic rings. The first-order valence-electron chi connectivity index (χ1n) is 7.41. The first-order valence-corrected chi connectivity index (χ1v) is 10.3. The number of anilines is 1. The van der Waals surface area contributed by atoms with E-state index in [2.05, 4.69) is 28.0 Å². The van der Waals surface area contributed by atoms with Crippen LogP contribution in [-0.4, -0.2) is 49.0 Å². The SMILES string of the molecule is C=CCN(CC=C)S(=O)(=O)c1ccc(S(=O)(=O)Nc2ncnn2C)cc1. The van der Waals surface area contributed by atoms with Gasteiger partial charge in [-0.25, -0.2) is 26.2 Å². The number of aryl methyl sites for hydroxylation is 1. The molecule has 0 aliphatic carbocycles. The second-order valence-electron chi connectivity index (χ2n) is 5.18. The van der Waals surface area contributed by atoms with E-state index in [0.717, 1.165) is 0 Å². The van der Waals surface area contributed by atoms with Crippen molar-refractivity contribution >= 4 is 26.0 Å². The normalized spacial score (nSPS) is 12.1. The van der Waals surface area contributed by atoms with E-state index in [9.17, 15) is 16.8 Å². The summed E-state index contributed by atoms with van der Waals surface area (Å²) in [5.41, 5.74) is 0. The molecule has 2 rings (SSSR count). The first-order chi connectivity index (χ1) is 12.2. The van der Waals surface area contributed by atoms with Crippen LogP contribution in [0.5, 0.6) is 0 Å². The molecule has 1 N–H and O–H groups in total. The third-order valence-electron chi connectivity index (χ3n) is 3.37. The molecule has 0 atom stereocenters. The summed E-state index contributed by atoms with van der Waals surface area (Å²) in [6.07, 6.45) is 4.14. The monoisotopic (exact) mass is 397 g/mol. The smallest absolute Gasteiger partial charge is 0.247 e. The fourth-order valence-corrected chi connectivity index (χ4v) is 4.49. The Hall–Kier alpha value is -2.50. The number of sulfonamides is 2. The van der Waals surface area contributed by atoms with Crippen molar-refractivity contribution in [3.05, 3.63) is 55.9 Å². The van der Waals surface area contributed by atoms with Crippen molar-refractivity contribution in [2.24, 2.45) is 7.05 Å². The van der Waals surface area contributed by atoms with Gasteiger partial charge in [-0.3, -0.25) is 0 Å². The van der Waals surface area contributed by atoms with Gasteiger partial charge in [0.25, 0.3) is 10.0 Å². The van der Waals surface area contributed by atoms with Crippen molar-refractivity contribution in [3.63, 3.8) is 0 Å². The lowest BCUT2D eigenvalue weighted by atomic mass is 10.4. The van der Waals surface area contributed by atoms with Gasteiger partial charge in [0.15, 0.2) is 0 Å². The van der Waals surface area contributed by atoms with Crippen LogP contribution in [0.25, 0.3) is 0 Å². The minimum atomic E-state index is -3.92. The van der Waals surface area contributed by atoms with Crippen molar-refractivity contribution in [3.8, 4) is 0 Å². The first kappa shape index (κ1) is 19.8. The molecular formula is C15H19N5O4S2. The van der Waals surface area contributed by atoms with Gasteiger partial charge < -0.3 is 0 Å². The largest absolute Gasteiger partial charge is 0.264 e. The van der Waals surface area contributed by atoms with Crippen LogP contribution < -0.4 is 4.72 Å². The van der Waals surface area contributed by atoms with Crippen LogP contribution in [0.2, 0.25) is 0 Å². The Morgan fingerprint density at radius 2 is 1.62 bits per heavy atom. The molecular weight excluding hydrogens is 378 g/mol. The van der Waals surface area contributed by atoms with Crippen LogP contribution in [0.4, 0.5) is 5.95 Å². The van der Waals surface area contributed by atoms with Crippen LogP contribution in [0.1, 0.15) is 0 Å². The average molecular weight is 397 g/mol. The van der Waals surface area contributed by atoms with E-state index in [1.165, 1.54) is 58.8 Å². The highest BCUT2D eigenvalue weighted by molar-refractivity contribution is 7.92.